The molecule has 4 rings (SSSR count). The Hall–Kier alpha value is -2.72. The smallest absolute Gasteiger partial charge is 0.249 e. The highest BCUT2D eigenvalue weighted by molar-refractivity contribution is 6.07. The van der Waals surface area contributed by atoms with Crippen molar-refractivity contribution in [2.75, 3.05) is 0 Å². The number of rotatable bonds is 4. The van der Waals surface area contributed by atoms with Crippen LogP contribution in [-0.2, 0) is 13.0 Å². The van der Waals surface area contributed by atoms with Gasteiger partial charge in [0.05, 0.1) is 11.7 Å². The molecule has 1 aliphatic rings. The summed E-state index contributed by atoms with van der Waals surface area (Å²) in [6, 6.07) is 16.2. The zero-order valence-corrected chi connectivity index (χ0v) is 14.0. The summed E-state index contributed by atoms with van der Waals surface area (Å²) in [6.07, 6.45) is 5.26. The summed E-state index contributed by atoms with van der Waals surface area (Å²) in [7, 11) is 0. The number of primary amides is 1. The third-order valence-electron chi connectivity index (χ3n) is 5.01. The molecule has 0 aliphatic heterocycles. The lowest BCUT2D eigenvalue weighted by Gasteiger charge is -2.25. The second kappa shape index (κ2) is 6.65. The standard InChI is InChI=1S/C21H21N3O/c22-21(25)18-11-10-15(16-7-1-2-8-17(16)18)13-24-19-9-3-5-14-6-4-12-23-20(14)19/h1-2,4,6-8,10-12,19,24H,3,5,9,13H2,(H2,22,25). The molecular weight excluding hydrogens is 310 g/mol. The Kier molecular flexibility index (Phi) is 4.20. The number of carbonyl (C=O) groups excluding carboxylic acids is 1. The van der Waals surface area contributed by atoms with E-state index in [0.29, 0.717) is 5.56 Å². The second-order valence-electron chi connectivity index (χ2n) is 6.56. The van der Waals surface area contributed by atoms with Crippen LogP contribution in [0.5, 0.6) is 0 Å². The van der Waals surface area contributed by atoms with Crippen molar-refractivity contribution in [1.82, 2.24) is 10.3 Å². The molecule has 0 fully saturated rings. The molecule has 0 spiro atoms. The number of aromatic nitrogens is 1. The van der Waals surface area contributed by atoms with E-state index in [0.717, 1.165) is 30.2 Å². The first kappa shape index (κ1) is 15.8. The van der Waals surface area contributed by atoms with Crippen LogP contribution in [0.3, 0.4) is 0 Å². The monoisotopic (exact) mass is 331 g/mol. The molecule has 25 heavy (non-hydrogen) atoms. The average Bonchev–Trinajstić information content (AvgIpc) is 2.65. The molecule has 1 atom stereocenters. The van der Waals surface area contributed by atoms with Gasteiger partial charge in [-0.3, -0.25) is 9.78 Å². The van der Waals surface area contributed by atoms with Crippen molar-refractivity contribution in [3.05, 3.63) is 77.1 Å². The zero-order chi connectivity index (χ0) is 17.2. The predicted molar refractivity (Wildman–Crippen MR) is 99.2 cm³/mol. The lowest BCUT2D eigenvalue weighted by atomic mass is 9.91. The van der Waals surface area contributed by atoms with Crippen molar-refractivity contribution in [2.24, 2.45) is 5.73 Å². The molecule has 1 heterocycles. The number of nitrogens with one attached hydrogen (secondary N) is 1. The molecule has 3 N–H and O–H groups in total. The Labute approximate surface area is 147 Å². The second-order valence-corrected chi connectivity index (χ2v) is 6.56. The number of nitrogens with zero attached hydrogens (tertiary/aromatic N) is 1. The van der Waals surface area contributed by atoms with E-state index in [1.54, 1.807) is 0 Å². The number of hydrogen-bond donors (Lipinski definition) is 2. The van der Waals surface area contributed by atoms with E-state index in [-0.39, 0.29) is 11.9 Å². The van der Waals surface area contributed by atoms with Gasteiger partial charge in [-0.15, -0.1) is 0 Å². The topological polar surface area (TPSA) is 68.0 Å². The van der Waals surface area contributed by atoms with Crippen LogP contribution in [0, 0.1) is 0 Å². The lowest BCUT2D eigenvalue weighted by molar-refractivity contribution is 0.100. The van der Waals surface area contributed by atoms with E-state index < -0.39 is 0 Å². The summed E-state index contributed by atoms with van der Waals surface area (Å²) < 4.78 is 0. The largest absolute Gasteiger partial charge is 0.366 e. The third kappa shape index (κ3) is 3.01. The fraction of sp³-hybridized carbons (Fsp3) is 0.238. The van der Waals surface area contributed by atoms with Crippen molar-refractivity contribution in [1.29, 1.82) is 0 Å². The number of benzene rings is 2. The summed E-state index contributed by atoms with van der Waals surface area (Å²) >= 11 is 0. The predicted octanol–water partition coefficient (Wildman–Crippen LogP) is 3.50. The zero-order valence-electron chi connectivity index (χ0n) is 14.0. The highest BCUT2D eigenvalue weighted by Crippen LogP contribution is 2.29. The molecule has 1 amide bonds. The van der Waals surface area contributed by atoms with Crippen LogP contribution in [0.1, 0.15) is 46.1 Å². The molecule has 1 aromatic heterocycles. The van der Waals surface area contributed by atoms with Crippen LogP contribution >= 0.6 is 0 Å². The number of nitrogens with two attached hydrogens (primary N) is 1. The minimum absolute atomic E-state index is 0.277. The van der Waals surface area contributed by atoms with Gasteiger partial charge in [0.25, 0.3) is 0 Å². The molecule has 4 heteroatoms. The van der Waals surface area contributed by atoms with Gasteiger partial charge >= 0.3 is 0 Å². The number of pyridine rings is 1. The number of carbonyl (C=O) groups is 1. The van der Waals surface area contributed by atoms with Gasteiger partial charge in [-0.25, -0.2) is 0 Å². The average molecular weight is 331 g/mol. The summed E-state index contributed by atoms with van der Waals surface area (Å²) in [5.41, 5.74) is 9.77. The molecule has 0 saturated carbocycles. The highest BCUT2D eigenvalue weighted by Gasteiger charge is 2.21. The lowest BCUT2D eigenvalue weighted by Crippen LogP contribution is -2.26. The molecule has 3 aromatic rings. The Morgan fingerprint density at radius 1 is 1.12 bits per heavy atom. The van der Waals surface area contributed by atoms with E-state index in [2.05, 4.69) is 16.4 Å². The molecule has 1 unspecified atom stereocenters. The minimum Gasteiger partial charge on any atom is -0.366 e. The highest BCUT2D eigenvalue weighted by atomic mass is 16.1. The van der Waals surface area contributed by atoms with Crippen LogP contribution in [-0.4, -0.2) is 10.9 Å². The van der Waals surface area contributed by atoms with Gasteiger partial charge in [0.1, 0.15) is 0 Å². The van der Waals surface area contributed by atoms with Gasteiger partial charge in [-0.1, -0.05) is 36.4 Å². The summed E-state index contributed by atoms with van der Waals surface area (Å²) in [5, 5.41) is 5.64. The Morgan fingerprint density at radius 3 is 2.80 bits per heavy atom. The molecule has 0 bridgehead atoms. The molecule has 2 aromatic carbocycles. The molecule has 126 valence electrons. The van der Waals surface area contributed by atoms with E-state index in [1.165, 1.54) is 23.2 Å². The maximum atomic E-state index is 11.7. The Morgan fingerprint density at radius 2 is 1.96 bits per heavy atom. The molecular formula is C21H21N3O. The first-order valence-electron chi connectivity index (χ1n) is 8.71. The maximum Gasteiger partial charge on any atom is 0.249 e. The van der Waals surface area contributed by atoms with Gasteiger partial charge < -0.3 is 11.1 Å². The van der Waals surface area contributed by atoms with Gasteiger partial charge in [0.2, 0.25) is 5.91 Å². The number of fused-ring (bicyclic) bond motifs is 2. The number of amides is 1. The van der Waals surface area contributed by atoms with Gasteiger partial charge in [-0.2, -0.15) is 0 Å². The van der Waals surface area contributed by atoms with Crippen LogP contribution in [0.15, 0.2) is 54.7 Å². The third-order valence-corrected chi connectivity index (χ3v) is 5.01. The Bertz CT molecular complexity index is 935. The van der Waals surface area contributed by atoms with Crippen molar-refractivity contribution < 1.29 is 4.79 Å². The summed E-state index contributed by atoms with van der Waals surface area (Å²) in [5.74, 6) is -0.388. The van der Waals surface area contributed by atoms with Crippen molar-refractivity contribution in [3.8, 4) is 0 Å². The van der Waals surface area contributed by atoms with E-state index in [4.69, 9.17) is 5.73 Å². The van der Waals surface area contributed by atoms with Crippen LogP contribution in [0.2, 0.25) is 0 Å². The SMILES string of the molecule is NC(=O)c1ccc(CNC2CCCc3cccnc32)c2ccccc12. The minimum atomic E-state index is -0.388. The molecule has 0 radical (unpaired) electrons. The maximum absolute atomic E-state index is 11.7. The van der Waals surface area contributed by atoms with Crippen molar-refractivity contribution >= 4 is 16.7 Å². The Balaban J connectivity index is 1.63. The van der Waals surface area contributed by atoms with E-state index in [1.807, 2.05) is 48.7 Å². The van der Waals surface area contributed by atoms with Crippen LogP contribution < -0.4 is 11.1 Å². The fourth-order valence-corrected chi connectivity index (χ4v) is 3.77. The molecule has 4 nitrogen and oxygen atoms in total. The van der Waals surface area contributed by atoms with Crippen LogP contribution in [0.4, 0.5) is 0 Å². The summed E-state index contributed by atoms with van der Waals surface area (Å²) in [4.78, 5) is 16.3. The van der Waals surface area contributed by atoms with Crippen LogP contribution in [0.25, 0.3) is 10.8 Å². The normalized spacial score (nSPS) is 16.6. The fourth-order valence-electron chi connectivity index (χ4n) is 3.77. The quantitative estimate of drug-likeness (QED) is 0.769. The number of hydrogen-bond acceptors (Lipinski definition) is 3. The van der Waals surface area contributed by atoms with Gasteiger partial charge in [0, 0.05) is 18.3 Å². The van der Waals surface area contributed by atoms with Crippen molar-refractivity contribution in [2.45, 2.75) is 31.8 Å². The van der Waals surface area contributed by atoms with E-state index in [9.17, 15) is 4.79 Å². The first-order valence-corrected chi connectivity index (χ1v) is 8.71. The molecule has 1 aliphatic carbocycles. The van der Waals surface area contributed by atoms with Gasteiger partial charge in [-0.05, 0) is 53.3 Å². The first-order chi connectivity index (χ1) is 12.2. The van der Waals surface area contributed by atoms with Gasteiger partial charge in [0.15, 0.2) is 0 Å². The van der Waals surface area contributed by atoms with E-state index >= 15 is 0 Å². The number of aryl methyl sites for hydroxylation is 1. The summed E-state index contributed by atoms with van der Waals surface area (Å²) in [6.45, 7) is 0.736. The molecule has 0 saturated heterocycles. The van der Waals surface area contributed by atoms with Crippen molar-refractivity contribution in [3.63, 3.8) is 0 Å².